The maximum absolute atomic E-state index is 12.1. The van der Waals surface area contributed by atoms with E-state index in [4.69, 9.17) is 17.3 Å². The highest BCUT2D eigenvalue weighted by molar-refractivity contribution is 8.01. The molecule has 3 heterocycles. The Morgan fingerprint density at radius 3 is 2.73 bits per heavy atom. The van der Waals surface area contributed by atoms with Crippen LogP contribution in [0.2, 0.25) is 5.02 Å². The summed E-state index contributed by atoms with van der Waals surface area (Å²) in [6, 6.07) is 0.327. The normalized spacial score (nSPS) is 19.9. The molecule has 4 rings (SSSR count). The first kappa shape index (κ1) is 23.2. The van der Waals surface area contributed by atoms with Crippen LogP contribution in [0.3, 0.4) is 0 Å². The van der Waals surface area contributed by atoms with Gasteiger partial charge in [0.1, 0.15) is 17.1 Å². The third-order valence-corrected chi connectivity index (χ3v) is 7.74. The number of carboxylic acid groups (broad SMARTS) is 2. The van der Waals surface area contributed by atoms with E-state index in [0.29, 0.717) is 11.3 Å². The number of phenolic OH excluding ortho intramolecular Hbond substituents is 2. The van der Waals surface area contributed by atoms with Crippen molar-refractivity contribution in [1.29, 1.82) is 0 Å². The van der Waals surface area contributed by atoms with Crippen molar-refractivity contribution < 1.29 is 34.8 Å². The van der Waals surface area contributed by atoms with E-state index < -0.39 is 47.2 Å². The summed E-state index contributed by atoms with van der Waals surface area (Å²) in [6.07, 6.45) is -0.588. The summed E-state index contributed by atoms with van der Waals surface area (Å²) in [4.78, 5) is 36.4. The van der Waals surface area contributed by atoms with E-state index in [1.165, 1.54) is 16.7 Å². The average Bonchev–Trinajstić information content (AvgIpc) is 3.24. The molecule has 1 fully saturated rings. The van der Waals surface area contributed by atoms with Gasteiger partial charge in [-0.25, -0.2) is 4.79 Å². The van der Waals surface area contributed by atoms with Gasteiger partial charge in [-0.15, -0.1) is 16.9 Å². The van der Waals surface area contributed by atoms with Crippen molar-refractivity contribution in [2.24, 2.45) is 5.73 Å². The summed E-state index contributed by atoms with van der Waals surface area (Å²) in [6.45, 7) is 0. The number of hydrogen-bond donors (Lipinski definition) is 5. The van der Waals surface area contributed by atoms with Gasteiger partial charge in [0.15, 0.2) is 11.5 Å². The minimum Gasteiger partial charge on any atom is -0.504 e. The number of aromatic nitrogens is 4. The summed E-state index contributed by atoms with van der Waals surface area (Å²) in [5.74, 6) is -3.82. The van der Waals surface area contributed by atoms with Gasteiger partial charge in [-0.3, -0.25) is 14.5 Å². The number of halogens is 1. The summed E-state index contributed by atoms with van der Waals surface area (Å²) in [7, 11) is 0. The minimum atomic E-state index is -1.25. The number of carbonyl (C=O) groups is 3. The molecule has 0 aliphatic carbocycles. The van der Waals surface area contributed by atoms with Crippen LogP contribution in [0.5, 0.6) is 11.5 Å². The summed E-state index contributed by atoms with van der Waals surface area (Å²) >= 11 is 8.43. The Bertz CT molecular complexity index is 1220. The van der Waals surface area contributed by atoms with E-state index >= 15 is 0 Å². The van der Waals surface area contributed by atoms with Crippen molar-refractivity contribution in [3.8, 4) is 17.2 Å². The first-order chi connectivity index (χ1) is 15.6. The Balaban J connectivity index is 1.67. The molecule has 1 saturated heterocycles. The topological polar surface area (TPSA) is 205 Å². The van der Waals surface area contributed by atoms with Crippen LogP contribution >= 0.6 is 35.1 Å². The van der Waals surface area contributed by atoms with Crippen LogP contribution in [0, 0.1) is 0 Å². The number of amides is 1. The number of carboxylic acids is 2. The first-order valence-electron chi connectivity index (χ1n) is 9.14. The largest absolute Gasteiger partial charge is 0.504 e. The lowest BCUT2D eigenvalue weighted by Crippen LogP contribution is -2.68. The molecule has 13 nitrogen and oxygen atoms in total. The first-order valence-corrected chi connectivity index (χ1v) is 11.5. The second-order valence-electron chi connectivity index (χ2n) is 6.98. The standard InChI is InChI=1S/C17H15ClN6O7S2/c18-10-6(1-9(26)27)7(2-8(25)13(10)28)24-17(20-21-22-24)33-4-5-3-32-15-11(19)14(29)23(15)12(5)16(30)31/h2,11,15,25,28H,1,3-4,19H2,(H,26,27)(H,30,31)/t11?,15-/m0/s1. The highest BCUT2D eigenvalue weighted by Crippen LogP contribution is 2.42. The maximum atomic E-state index is 12.1. The van der Waals surface area contributed by atoms with Gasteiger partial charge in [-0.1, -0.05) is 23.4 Å². The predicted octanol–water partition coefficient (Wildman–Crippen LogP) is 0.0272. The van der Waals surface area contributed by atoms with E-state index in [1.807, 2.05) is 0 Å². The fourth-order valence-corrected chi connectivity index (χ4v) is 6.00. The number of β-lactam (4-membered cyclic amide) rings is 1. The number of nitrogens with two attached hydrogens (primary N) is 1. The zero-order valence-electron chi connectivity index (χ0n) is 16.4. The number of nitrogens with zero attached hydrogens (tertiary/aromatic N) is 5. The van der Waals surface area contributed by atoms with Gasteiger partial charge in [-0.05, 0) is 16.0 Å². The molecular weight excluding hydrogens is 500 g/mol. The maximum Gasteiger partial charge on any atom is 0.352 e. The van der Waals surface area contributed by atoms with E-state index in [0.717, 1.165) is 22.5 Å². The number of thioether (sulfide) groups is 2. The molecule has 2 atom stereocenters. The van der Waals surface area contributed by atoms with Crippen molar-refractivity contribution >= 4 is 53.0 Å². The zero-order valence-corrected chi connectivity index (χ0v) is 18.8. The third kappa shape index (κ3) is 3.96. The molecule has 0 saturated carbocycles. The Morgan fingerprint density at radius 2 is 2.06 bits per heavy atom. The zero-order chi connectivity index (χ0) is 24.0. The van der Waals surface area contributed by atoms with Gasteiger partial charge in [0.05, 0.1) is 17.1 Å². The van der Waals surface area contributed by atoms with Crippen LogP contribution in [0.4, 0.5) is 0 Å². The Morgan fingerprint density at radius 1 is 1.33 bits per heavy atom. The molecule has 33 heavy (non-hydrogen) atoms. The van der Waals surface area contributed by atoms with Gasteiger partial charge in [0, 0.05) is 23.1 Å². The van der Waals surface area contributed by atoms with Gasteiger partial charge >= 0.3 is 11.9 Å². The molecule has 1 unspecified atom stereocenters. The number of phenols is 2. The molecule has 6 N–H and O–H groups in total. The highest BCUT2D eigenvalue weighted by Gasteiger charge is 2.51. The molecule has 2 aromatic rings. The predicted molar refractivity (Wildman–Crippen MR) is 115 cm³/mol. The number of benzene rings is 1. The second-order valence-corrected chi connectivity index (χ2v) is 9.41. The van der Waals surface area contributed by atoms with Gasteiger partial charge in [-0.2, -0.15) is 4.68 Å². The Hall–Kier alpha value is -3.01. The average molecular weight is 515 g/mol. The van der Waals surface area contributed by atoms with Gasteiger partial charge < -0.3 is 26.2 Å². The fourth-order valence-electron chi connectivity index (χ4n) is 3.42. The number of rotatable bonds is 7. The summed E-state index contributed by atoms with van der Waals surface area (Å²) < 4.78 is 1.12. The lowest BCUT2D eigenvalue weighted by atomic mass is 10.0. The molecule has 0 spiro atoms. The molecule has 16 heteroatoms. The van der Waals surface area contributed by atoms with Crippen LogP contribution < -0.4 is 5.73 Å². The quantitative estimate of drug-likeness (QED) is 0.188. The molecule has 0 bridgehead atoms. The number of fused-ring (bicyclic) bond motifs is 1. The Labute approximate surface area is 198 Å². The van der Waals surface area contributed by atoms with Crippen LogP contribution in [0.15, 0.2) is 22.5 Å². The van der Waals surface area contributed by atoms with E-state index in [2.05, 4.69) is 15.5 Å². The fraction of sp³-hybridized carbons (Fsp3) is 0.294. The number of tetrazole rings is 1. The van der Waals surface area contributed by atoms with Crippen molar-refractivity contribution in [2.45, 2.75) is 23.0 Å². The minimum absolute atomic E-state index is 0.0274. The molecule has 1 aromatic heterocycles. The van der Waals surface area contributed by atoms with Crippen molar-refractivity contribution in [3.63, 3.8) is 0 Å². The molecule has 1 aromatic carbocycles. The molecule has 0 radical (unpaired) electrons. The van der Waals surface area contributed by atoms with E-state index in [9.17, 15) is 34.8 Å². The van der Waals surface area contributed by atoms with E-state index in [-0.39, 0.29) is 32.9 Å². The van der Waals surface area contributed by atoms with Crippen molar-refractivity contribution in [3.05, 3.63) is 27.9 Å². The van der Waals surface area contributed by atoms with E-state index in [1.54, 1.807) is 0 Å². The smallest absolute Gasteiger partial charge is 0.352 e. The van der Waals surface area contributed by atoms with Crippen LogP contribution in [0.1, 0.15) is 5.56 Å². The molecule has 1 amide bonds. The van der Waals surface area contributed by atoms with Crippen LogP contribution in [-0.2, 0) is 20.8 Å². The Kier molecular flexibility index (Phi) is 6.13. The van der Waals surface area contributed by atoms with Crippen LogP contribution in [-0.4, -0.2) is 86.3 Å². The third-order valence-electron chi connectivity index (χ3n) is 4.96. The number of aromatic hydroxyl groups is 2. The lowest BCUT2D eigenvalue weighted by molar-refractivity contribution is -0.147. The molecule has 2 aliphatic heterocycles. The SMILES string of the molecule is NC1C(=O)N2C(C(=O)O)=C(CSc3nnnn3-c3cc(O)c(O)c(Cl)c3CC(=O)O)CS[C@@H]12. The molecular formula is C17H15ClN6O7S2. The highest BCUT2D eigenvalue weighted by atomic mass is 35.5. The van der Waals surface area contributed by atoms with Crippen molar-refractivity contribution in [1.82, 2.24) is 25.1 Å². The number of carbonyl (C=O) groups excluding carboxylic acids is 1. The summed E-state index contributed by atoms with van der Waals surface area (Å²) in [5.41, 5.74) is 6.07. The number of aliphatic carboxylic acids is 2. The van der Waals surface area contributed by atoms with Crippen LogP contribution in [0.25, 0.3) is 5.69 Å². The number of hydrogen-bond acceptors (Lipinski definition) is 11. The lowest BCUT2D eigenvalue weighted by Gasteiger charge is -2.48. The monoisotopic (exact) mass is 514 g/mol. The van der Waals surface area contributed by atoms with Crippen molar-refractivity contribution in [2.75, 3.05) is 11.5 Å². The second kappa shape index (κ2) is 8.74. The molecule has 2 aliphatic rings. The van der Waals surface area contributed by atoms with Gasteiger partial charge in [0.2, 0.25) is 11.1 Å². The van der Waals surface area contributed by atoms with Gasteiger partial charge in [0.25, 0.3) is 0 Å². The molecule has 174 valence electrons. The summed E-state index contributed by atoms with van der Waals surface area (Å²) in [5, 5.41) is 49.3.